The van der Waals surface area contributed by atoms with Crippen LogP contribution in [0.4, 0.5) is 0 Å². The van der Waals surface area contributed by atoms with Gasteiger partial charge < -0.3 is 13.9 Å². The molecule has 32 heavy (non-hydrogen) atoms. The van der Waals surface area contributed by atoms with Crippen LogP contribution < -0.4 is 5.32 Å². The smallest absolute Gasteiger partial charge is 0.322 e. The molecule has 1 aromatic heterocycles. The summed E-state index contributed by atoms with van der Waals surface area (Å²) >= 11 is 0. The maximum absolute atomic E-state index is 12.8. The molecule has 0 aromatic carbocycles. The van der Waals surface area contributed by atoms with Crippen molar-refractivity contribution in [2.24, 2.45) is 22.7 Å². The summed E-state index contributed by atoms with van der Waals surface area (Å²) in [5, 5.41) is 3.17. The number of hydrogen-bond acceptors (Lipinski definition) is 6. The van der Waals surface area contributed by atoms with Crippen molar-refractivity contribution in [3.8, 4) is 0 Å². The molecule has 0 radical (unpaired) electrons. The Morgan fingerprint density at radius 3 is 2.72 bits per heavy atom. The Kier molecular flexibility index (Phi) is 7.53. The molecule has 2 aliphatic rings. The zero-order valence-corrected chi connectivity index (χ0v) is 20.3. The van der Waals surface area contributed by atoms with Crippen molar-refractivity contribution >= 4 is 11.9 Å². The lowest BCUT2D eigenvalue weighted by atomic mass is 9.46. The highest BCUT2D eigenvalue weighted by Gasteiger charge is 2.57. The molecule has 0 amide bonds. The van der Waals surface area contributed by atoms with E-state index in [0.29, 0.717) is 18.4 Å². The molecule has 2 aliphatic carbocycles. The molecule has 0 saturated heterocycles. The van der Waals surface area contributed by atoms with Crippen LogP contribution in [-0.2, 0) is 32.0 Å². The number of fused-ring (bicyclic) bond motifs is 1. The molecule has 0 spiro atoms. The van der Waals surface area contributed by atoms with Crippen molar-refractivity contribution in [3.63, 3.8) is 0 Å². The highest BCUT2D eigenvalue weighted by molar-refractivity contribution is 5.77. The van der Waals surface area contributed by atoms with Gasteiger partial charge in [0.2, 0.25) is 0 Å². The van der Waals surface area contributed by atoms with E-state index in [2.05, 4.69) is 25.7 Å². The number of furan rings is 1. The summed E-state index contributed by atoms with van der Waals surface area (Å²) in [6.45, 7) is 11.2. The fourth-order valence-electron chi connectivity index (χ4n) is 6.51. The Bertz CT molecular complexity index is 845. The number of esters is 2. The van der Waals surface area contributed by atoms with Crippen molar-refractivity contribution in [2.75, 3.05) is 14.2 Å². The molecule has 5 atom stereocenters. The van der Waals surface area contributed by atoms with Crippen LogP contribution >= 0.6 is 0 Å². The molecule has 1 aromatic rings. The van der Waals surface area contributed by atoms with E-state index in [9.17, 15) is 9.59 Å². The molecule has 1 heterocycles. The van der Waals surface area contributed by atoms with Gasteiger partial charge in [0.05, 0.1) is 32.4 Å². The summed E-state index contributed by atoms with van der Waals surface area (Å²) in [6, 6.07) is 1.62. The van der Waals surface area contributed by atoms with Gasteiger partial charge >= 0.3 is 11.9 Å². The third-order valence-electron chi connectivity index (χ3n) is 8.33. The Morgan fingerprint density at radius 2 is 2.03 bits per heavy atom. The molecule has 3 rings (SSSR count). The lowest BCUT2D eigenvalue weighted by Gasteiger charge is -2.57. The highest BCUT2D eigenvalue weighted by atomic mass is 16.5. The molecule has 6 heteroatoms. The normalized spacial score (nSPS) is 31.0. The molecule has 178 valence electrons. The lowest BCUT2D eigenvalue weighted by Crippen LogP contribution is -2.53. The second-order valence-corrected chi connectivity index (χ2v) is 10.1. The van der Waals surface area contributed by atoms with Crippen molar-refractivity contribution in [3.05, 3.63) is 35.8 Å². The van der Waals surface area contributed by atoms with E-state index in [-0.39, 0.29) is 17.4 Å². The number of carbonyl (C=O) groups is 2. The van der Waals surface area contributed by atoms with Crippen LogP contribution in [0.15, 0.2) is 28.9 Å². The molecule has 2 fully saturated rings. The van der Waals surface area contributed by atoms with Gasteiger partial charge in [0.1, 0.15) is 11.8 Å². The second-order valence-electron chi connectivity index (χ2n) is 10.1. The number of aryl methyl sites for hydroxylation is 1. The predicted molar refractivity (Wildman–Crippen MR) is 123 cm³/mol. The first-order chi connectivity index (χ1) is 15.2. The Morgan fingerprint density at radius 1 is 1.28 bits per heavy atom. The summed E-state index contributed by atoms with van der Waals surface area (Å²) in [5.41, 5.74) is 2.08. The van der Waals surface area contributed by atoms with Crippen LogP contribution in [0.3, 0.4) is 0 Å². The minimum Gasteiger partial charge on any atom is -0.469 e. The van der Waals surface area contributed by atoms with Crippen molar-refractivity contribution in [1.29, 1.82) is 0 Å². The van der Waals surface area contributed by atoms with E-state index in [1.54, 1.807) is 13.2 Å². The minimum atomic E-state index is -0.421. The first kappa shape index (κ1) is 24.6. The summed E-state index contributed by atoms with van der Waals surface area (Å²) in [6.07, 6.45) is 8.58. The third kappa shape index (κ3) is 4.52. The molecule has 1 N–H and O–H groups in total. The largest absolute Gasteiger partial charge is 0.469 e. The second kappa shape index (κ2) is 9.82. The van der Waals surface area contributed by atoms with Gasteiger partial charge in [-0.25, -0.2) is 0 Å². The zero-order chi connectivity index (χ0) is 23.5. The van der Waals surface area contributed by atoms with Crippen LogP contribution in [0.5, 0.6) is 0 Å². The molecular formula is C26H39NO5. The van der Waals surface area contributed by atoms with Crippen molar-refractivity contribution in [1.82, 2.24) is 5.32 Å². The monoisotopic (exact) mass is 445 g/mol. The molecule has 6 nitrogen and oxygen atoms in total. The van der Waals surface area contributed by atoms with Crippen LogP contribution in [0, 0.1) is 22.7 Å². The van der Waals surface area contributed by atoms with Crippen molar-refractivity contribution in [2.45, 2.75) is 78.3 Å². The maximum atomic E-state index is 12.8. The van der Waals surface area contributed by atoms with Gasteiger partial charge in [-0.05, 0) is 81.3 Å². The minimum absolute atomic E-state index is 0.0398. The van der Waals surface area contributed by atoms with Crippen LogP contribution in [0.25, 0.3) is 0 Å². The van der Waals surface area contributed by atoms with Crippen LogP contribution in [0.1, 0.15) is 70.6 Å². The summed E-state index contributed by atoms with van der Waals surface area (Å²) in [5.74, 6) is 1.16. The van der Waals surface area contributed by atoms with Gasteiger partial charge in [-0.3, -0.25) is 14.9 Å². The number of allylic oxidation sites excluding steroid dienone is 1. The zero-order valence-electron chi connectivity index (χ0n) is 20.3. The number of ether oxygens (including phenoxy) is 2. The van der Waals surface area contributed by atoms with Gasteiger partial charge in [-0.2, -0.15) is 0 Å². The first-order valence-corrected chi connectivity index (χ1v) is 11.8. The van der Waals surface area contributed by atoms with E-state index >= 15 is 0 Å². The topological polar surface area (TPSA) is 77.8 Å². The number of carbonyl (C=O) groups excluding carboxylic acids is 2. The number of nitrogens with one attached hydrogen (secondary N) is 1. The van der Waals surface area contributed by atoms with Gasteiger partial charge in [-0.15, -0.1) is 0 Å². The summed E-state index contributed by atoms with van der Waals surface area (Å²) < 4.78 is 15.7. The standard InChI is InChI=1S/C26H39NO5/c1-17-8-11-22-25(3,13-7-14-26(22,4)24(29)31-6)20(17)10-9-19-12-15-32-21(19)16-27-18(2)23(28)30-5/h12,15,18,20,22,27H,1,7-11,13-14,16H2,2-6H3/t18-,20+,22+,25+,26-/m0/s1. The average molecular weight is 446 g/mol. The van der Waals surface area contributed by atoms with E-state index in [1.165, 1.54) is 19.8 Å². The molecule has 0 unspecified atom stereocenters. The lowest BCUT2D eigenvalue weighted by molar-refractivity contribution is -0.168. The first-order valence-electron chi connectivity index (χ1n) is 11.8. The SMILES string of the molecule is C=C1CC[C@@H]2[C@](C)(CCC[C@]2(C)C(=O)OC)[C@@H]1CCc1ccoc1CN[C@@H](C)C(=O)OC. The predicted octanol–water partition coefficient (Wildman–Crippen LogP) is 4.82. The fraction of sp³-hybridized carbons (Fsp3) is 0.692. The van der Waals surface area contributed by atoms with Gasteiger partial charge in [0.25, 0.3) is 0 Å². The molecule has 0 bridgehead atoms. The Labute approximate surface area is 192 Å². The molecule has 2 saturated carbocycles. The number of rotatable bonds is 8. The summed E-state index contributed by atoms with van der Waals surface area (Å²) in [4.78, 5) is 24.4. The highest BCUT2D eigenvalue weighted by Crippen LogP contribution is 2.62. The van der Waals surface area contributed by atoms with Gasteiger partial charge in [0.15, 0.2) is 0 Å². The van der Waals surface area contributed by atoms with Gasteiger partial charge in [-0.1, -0.05) is 25.5 Å². The summed E-state index contributed by atoms with van der Waals surface area (Å²) in [7, 11) is 2.90. The van der Waals surface area contributed by atoms with E-state index in [1.807, 2.05) is 6.07 Å². The van der Waals surface area contributed by atoms with E-state index in [4.69, 9.17) is 13.9 Å². The Hall–Kier alpha value is -2.08. The van der Waals surface area contributed by atoms with E-state index in [0.717, 1.165) is 56.3 Å². The van der Waals surface area contributed by atoms with Gasteiger partial charge in [0, 0.05) is 0 Å². The third-order valence-corrected chi connectivity index (χ3v) is 8.33. The Balaban J connectivity index is 1.72. The van der Waals surface area contributed by atoms with E-state index < -0.39 is 11.5 Å². The van der Waals surface area contributed by atoms with Crippen LogP contribution in [0.2, 0.25) is 0 Å². The number of hydrogen-bond donors (Lipinski definition) is 1. The number of methoxy groups -OCH3 is 2. The fourth-order valence-corrected chi connectivity index (χ4v) is 6.51. The molecular weight excluding hydrogens is 406 g/mol. The van der Waals surface area contributed by atoms with Crippen molar-refractivity contribution < 1.29 is 23.5 Å². The molecule has 0 aliphatic heterocycles. The average Bonchev–Trinajstić information content (AvgIpc) is 3.22. The maximum Gasteiger partial charge on any atom is 0.322 e. The quantitative estimate of drug-likeness (QED) is 0.457. The van der Waals surface area contributed by atoms with Crippen LogP contribution in [-0.4, -0.2) is 32.2 Å².